The molecule has 1 aliphatic carbocycles. The molecule has 9 atom stereocenters. The minimum atomic E-state index is -0.950. The predicted octanol–water partition coefficient (Wildman–Crippen LogP) is 2.46. The summed E-state index contributed by atoms with van der Waals surface area (Å²) >= 11 is 0. The van der Waals surface area contributed by atoms with Crippen molar-refractivity contribution in [1.29, 1.82) is 0 Å². The van der Waals surface area contributed by atoms with Gasteiger partial charge in [-0.2, -0.15) is 0 Å². The molecule has 3 heterocycles. The lowest BCUT2D eigenvalue weighted by Crippen LogP contribution is -2.95. The van der Waals surface area contributed by atoms with Gasteiger partial charge in [0.1, 0.15) is 41.9 Å². The number of nitrogens with one attached hydrogen (secondary N) is 1. The summed E-state index contributed by atoms with van der Waals surface area (Å²) < 4.78 is 11.1. The van der Waals surface area contributed by atoms with Crippen LogP contribution in [0.3, 0.4) is 0 Å². The van der Waals surface area contributed by atoms with E-state index in [1.807, 2.05) is 12.4 Å². The monoisotopic (exact) mass is 599 g/mol. The number of nitrogens with two attached hydrogens (primary N) is 1. The number of hydrogen-bond donors (Lipinski definition) is 4. The first-order valence-corrected chi connectivity index (χ1v) is 16.5. The fourth-order valence-electron chi connectivity index (χ4n) is 7.39. The molecule has 2 fully saturated rings. The maximum Gasteiger partial charge on any atom is 0.302 e. The SMILES string of the molecule is CCC1CCC(OC(C)=O)CC(=O)CC(C2CC(O)C(O)C(OC)C2)C#CCNC2CC(CC[NH2+]2)CCC2=CN=C[C+]2C1. The molecule has 238 valence electrons. The van der Waals surface area contributed by atoms with E-state index >= 15 is 0 Å². The third kappa shape index (κ3) is 10.2. The van der Waals surface area contributed by atoms with Gasteiger partial charge in [0, 0.05) is 52.1 Å². The van der Waals surface area contributed by atoms with Crippen LogP contribution in [0.15, 0.2) is 16.8 Å². The number of aliphatic imine (C=N–C) groups is 1. The highest BCUT2D eigenvalue weighted by Gasteiger charge is 2.39. The Hall–Kier alpha value is -2.22. The predicted molar refractivity (Wildman–Crippen MR) is 165 cm³/mol. The topological polar surface area (TPSA) is 134 Å². The number of aliphatic hydroxyl groups is 2. The van der Waals surface area contributed by atoms with Gasteiger partial charge < -0.3 is 25.0 Å². The van der Waals surface area contributed by atoms with Crippen LogP contribution in [0.4, 0.5) is 0 Å². The highest BCUT2D eigenvalue weighted by Crippen LogP contribution is 2.36. The lowest BCUT2D eigenvalue weighted by atomic mass is 9.74. The fraction of sp³-hybridized carbons (Fsp3) is 0.765. The smallest absolute Gasteiger partial charge is 0.302 e. The Kier molecular flexibility index (Phi) is 13.1. The molecule has 0 amide bonds. The number of Topliss-reactive ketones (excluding diaryl/α,β-unsaturated/α-hetero) is 1. The molecule has 4 aliphatic rings. The number of carbonyl (C=O) groups is 2. The number of ketones is 1. The molecule has 2 bridgehead atoms. The van der Waals surface area contributed by atoms with Crippen molar-refractivity contribution in [3.63, 3.8) is 0 Å². The van der Waals surface area contributed by atoms with Crippen LogP contribution in [0.2, 0.25) is 0 Å². The molecule has 1 saturated heterocycles. The van der Waals surface area contributed by atoms with Crippen LogP contribution in [0.5, 0.6) is 0 Å². The second-order valence-electron chi connectivity index (χ2n) is 13.1. The first-order valence-electron chi connectivity index (χ1n) is 16.5. The molecule has 5 N–H and O–H groups in total. The van der Waals surface area contributed by atoms with Crippen LogP contribution in [0.25, 0.3) is 0 Å². The van der Waals surface area contributed by atoms with Gasteiger partial charge in [0.05, 0.1) is 25.3 Å². The van der Waals surface area contributed by atoms with Gasteiger partial charge in [0.15, 0.2) is 6.20 Å². The number of ether oxygens (including phenoxy) is 2. The number of methoxy groups -OCH3 is 1. The van der Waals surface area contributed by atoms with Crippen molar-refractivity contribution >= 4 is 18.0 Å². The third-order valence-electron chi connectivity index (χ3n) is 9.99. The number of nitrogens with zero attached hydrogens (tertiary/aromatic N) is 1. The van der Waals surface area contributed by atoms with E-state index < -0.39 is 24.4 Å². The summed E-state index contributed by atoms with van der Waals surface area (Å²) in [4.78, 5) is 30.0. The van der Waals surface area contributed by atoms with E-state index in [0.29, 0.717) is 43.8 Å². The van der Waals surface area contributed by atoms with Crippen LogP contribution >= 0.6 is 0 Å². The molecule has 1 saturated carbocycles. The Morgan fingerprint density at radius 3 is 2.79 bits per heavy atom. The average Bonchev–Trinajstić information content (AvgIpc) is 3.43. The van der Waals surface area contributed by atoms with Gasteiger partial charge in [0.2, 0.25) is 0 Å². The average molecular weight is 600 g/mol. The van der Waals surface area contributed by atoms with Crippen LogP contribution in [-0.2, 0) is 19.1 Å². The van der Waals surface area contributed by atoms with Gasteiger partial charge >= 0.3 is 5.97 Å². The molecule has 0 radical (unpaired) electrons. The van der Waals surface area contributed by atoms with Gasteiger partial charge in [-0.25, -0.2) is 0 Å². The molecule has 9 nitrogen and oxygen atoms in total. The van der Waals surface area contributed by atoms with Crippen LogP contribution in [-0.4, -0.2) is 79.0 Å². The van der Waals surface area contributed by atoms with Gasteiger partial charge in [0.25, 0.3) is 0 Å². The number of aliphatic hydroxyl groups excluding tert-OH is 2. The molecule has 0 aromatic rings. The first-order chi connectivity index (χ1) is 20.7. The zero-order valence-corrected chi connectivity index (χ0v) is 26.3. The molecule has 9 heteroatoms. The standard InChI is InChI=1S/C34H52N3O6/c1-4-23-8-10-30(43-22(2)38)19-29(39)16-25(27-17-31(40)34(41)32(18-27)42-3)6-5-12-36-33-15-24(11-13-37-33)7-9-26-20-35-21-28(26)14-23/h20-21,23-25,27,30-34,36-37,40-41H,4,7-19H2,1-3H3/q+1/p+1. The van der Waals surface area contributed by atoms with E-state index in [4.69, 9.17) is 9.47 Å². The normalized spacial score (nSPS) is 36.6. The van der Waals surface area contributed by atoms with Gasteiger partial charge in [-0.05, 0) is 56.3 Å². The molecule has 43 heavy (non-hydrogen) atoms. The second-order valence-corrected chi connectivity index (χ2v) is 13.1. The molecular formula is C34H53N3O6+2. The first kappa shape index (κ1) is 33.7. The van der Waals surface area contributed by atoms with Crippen LogP contribution < -0.4 is 10.6 Å². The van der Waals surface area contributed by atoms with Crippen LogP contribution in [0, 0.1) is 41.4 Å². The summed E-state index contributed by atoms with van der Waals surface area (Å²) in [6.07, 6.45) is 10.7. The molecule has 4 rings (SSSR count). The number of quaternary nitrogens is 1. The minimum Gasteiger partial charge on any atom is -0.462 e. The highest BCUT2D eigenvalue weighted by atomic mass is 16.5. The van der Waals surface area contributed by atoms with Crippen molar-refractivity contribution in [3.8, 4) is 11.8 Å². The van der Waals surface area contributed by atoms with E-state index in [1.54, 1.807) is 0 Å². The van der Waals surface area contributed by atoms with E-state index in [0.717, 1.165) is 45.1 Å². The van der Waals surface area contributed by atoms with Crippen molar-refractivity contribution in [2.24, 2.45) is 28.7 Å². The lowest BCUT2D eigenvalue weighted by molar-refractivity contribution is -0.704. The van der Waals surface area contributed by atoms with Gasteiger partial charge in [-0.15, -0.1) is 4.99 Å². The van der Waals surface area contributed by atoms with Crippen molar-refractivity contribution in [1.82, 2.24) is 5.32 Å². The number of fused-ring (bicyclic) bond motifs is 3. The summed E-state index contributed by atoms with van der Waals surface area (Å²) in [5.74, 6) is 8.30. The van der Waals surface area contributed by atoms with Gasteiger partial charge in [-0.1, -0.05) is 25.2 Å². The second kappa shape index (κ2) is 16.7. The summed E-state index contributed by atoms with van der Waals surface area (Å²) in [6.45, 7) is 5.22. The Labute approximate surface area is 257 Å². The number of rotatable bonds is 4. The number of allylic oxidation sites excluding steroid dienone is 1. The van der Waals surface area contributed by atoms with Crippen molar-refractivity contribution in [3.05, 3.63) is 17.7 Å². The molecule has 9 unspecified atom stereocenters. The Morgan fingerprint density at radius 1 is 1.19 bits per heavy atom. The third-order valence-corrected chi connectivity index (χ3v) is 9.99. The van der Waals surface area contributed by atoms with E-state index in [1.165, 1.54) is 31.9 Å². The summed E-state index contributed by atoms with van der Waals surface area (Å²) in [5, 5.41) is 26.9. The number of piperidine rings is 1. The molecule has 0 aromatic carbocycles. The summed E-state index contributed by atoms with van der Waals surface area (Å²) in [6, 6.07) is 0. The minimum absolute atomic E-state index is 0.00140. The maximum absolute atomic E-state index is 13.5. The summed E-state index contributed by atoms with van der Waals surface area (Å²) in [7, 11) is 1.54. The summed E-state index contributed by atoms with van der Waals surface area (Å²) in [5.41, 5.74) is 1.35. The zero-order valence-electron chi connectivity index (χ0n) is 26.3. The largest absolute Gasteiger partial charge is 0.462 e. The molecule has 3 aliphatic heterocycles. The zero-order chi connectivity index (χ0) is 30.8. The van der Waals surface area contributed by atoms with E-state index in [-0.39, 0.29) is 36.4 Å². The van der Waals surface area contributed by atoms with E-state index in [2.05, 4.69) is 34.4 Å². The number of carbonyl (C=O) groups excluding carboxylic acids is 2. The van der Waals surface area contributed by atoms with Crippen molar-refractivity contribution < 1.29 is 34.6 Å². The maximum atomic E-state index is 13.5. The van der Waals surface area contributed by atoms with Crippen molar-refractivity contribution in [2.75, 3.05) is 20.2 Å². The highest BCUT2D eigenvalue weighted by molar-refractivity contribution is 5.83. The quantitative estimate of drug-likeness (QED) is 0.222. The Balaban J connectivity index is 1.52. The molecule has 0 spiro atoms. The Morgan fingerprint density at radius 2 is 2.02 bits per heavy atom. The van der Waals surface area contributed by atoms with Crippen molar-refractivity contribution in [2.45, 2.75) is 121 Å². The van der Waals surface area contributed by atoms with E-state index in [9.17, 15) is 19.8 Å². The molecular weight excluding hydrogens is 546 g/mol. The number of esters is 1. The molecule has 0 aromatic heterocycles. The Bertz CT molecular complexity index is 1050. The fourth-order valence-corrected chi connectivity index (χ4v) is 7.39. The lowest BCUT2D eigenvalue weighted by Gasteiger charge is -2.38. The number of hydrogen-bond acceptors (Lipinski definition) is 8. The van der Waals surface area contributed by atoms with Crippen LogP contribution in [0.1, 0.15) is 90.9 Å². The van der Waals surface area contributed by atoms with Gasteiger partial charge in [-0.3, -0.25) is 14.9 Å².